The van der Waals surface area contributed by atoms with Crippen molar-refractivity contribution in [3.63, 3.8) is 0 Å². The minimum atomic E-state index is 0. The molecule has 1 fully saturated rings. The molecule has 62 valence electrons. The van der Waals surface area contributed by atoms with Gasteiger partial charge in [0.1, 0.15) is 0 Å². The Kier molecular flexibility index (Phi) is 18.4. The molecule has 0 spiro atoms. The summed E-state index contributed by atoms with van der Waals surface area (Å²) < 4.78 is 0. The standard InChI is InChI=1S/C6H11NO.2BrH.Mg/c8-6-4-2-1-3-5-7-6;;;/h1-5H2,(H,7,8);2*1H;/q;;;+2/p-2. The third-order valence-electron chi connectivity index (χ3n) is 1.40. The van der Waals surface area contributed by atoms with E-state index in [4.69, 9.17) is 0 Å². The second-order valence-electron chi connectivity index (χ2n) is 2.16. The molecule has 0 aromatic heterocycles. The third kappa shape index (κ3) is 9.11. The van der Waals surface area contributed by atoms with Crippen LogP contribution in [0.25, 0.3) is 0 Å². The molecule has 1 N–H and O–H groups in total. The third-order valence-corrected chi connectivity index (χ3v) is 1.40. The molecule has 0 unspecified atom stereocenters. The van der Waals surface area contributed by atoms with Gasteiger partial charge in [0.2, 0.25) is 5.91 Å². The van der Waals surface area contributed by atoms with Crippen molar-refractivity contribution < 1.29 is 38.8 Å². The Labute approximate surface area is 105 Å². The number of carbonyl (C=O) groups is 1. The van der Waals surface area contributed by atoms with E-state index in [1.54, 1.807) is 0 Å². The summed E-state index contributed by atoms with van der Waals surface area (Å²) in [5, 5.41) is 2.81. The van der Waals surface area contributed by atoms with E-state index in [-0.39, 0.29) is 62.9 Å². The molecule has 0 aromatic rings. The van der Waals surface area contributed by atoms with Crippen LogP contribution in [0.15, 0.2) is 0 Å². The first-order chi connectivity index (χ1) is 3.89. The van der Waals surface area contributed by atoms with Crippen molar-refractivity contribution in [3.8, 4) is 0 Å². The predicted molar refractivity (Wildman–Crippen MR) is 37.2 cm³/mol. The first kappa shape index (κ1) is 18.1. The van der Waals surface area contributed by atoms with Crippen LogP contribution in [0.2, 0.25) is 0 Å². The number of halogens is 2. The van der Waals surface area contributed by atoms with Crippen LogP contribution >= 0.6 is 0 Å². The Morgan fingerprint density at radius 1 is 1.09 bits per heavy atom. The summed E-state index contributed by atoms with van der Waals surface area (Å²) in [4.78, 5) is 10.6. The van der Waals surface area contributed by atoms with Gasteiger partial charge in [-0.1, -0.05) is 6.42 Å². The topological polar surface area (TPSA) is 29.1 Å². The molecule has 5 heteroatoms. The number of rotatable bonds is 0. The molecule has 2 nitrogen and oxygen atoms in total. The smallest absolute Gasteiger partial charge is 1.00 e. The molecule has 0 aliphatic carbocycles. The van der Waals surface area contributed by atoms with Crippen LogP contribution in [0.1, 0.15) is 25.7 Å². The summed E-state index contributed by atoms with van der Waals surface area (Å²) in [6.07, 6.45) is 4.18. The summed E-state index contributed by atoms with van der Waals surface area (Å²) in [6, 6.07) is 0. The van der Waals surface area contributed by atoms with E-state index in [1.807, 2.05) is 0 Å². The van der Waals surface area contributed by atoms with Gasteiger partial charge in [-0.05, 0) is 12.8 Å². The molecule has 1 heterocycles. The van der Waals surface area contributed by atoms with Gasteiger partial charge >= 0.3 is 23.1 Å². The van der Waals surface area contributed by atoms with Crippen LogP contribution in [0.5, 0.6) is 0 Å². The molecule has 11 heavy (non-hydrogen) atoms. The molecule has 0 saturated carbocycles. The quantitative estimate of drug-likeness (QED) is 0.444. The van der Waals surface area contributed by atoms with E-state index >= 15 is 0 Å². The first-order valence-electron chi connectivity index (χ1n) is 3.16. The zero-order chi connectivity index (χ0) is 5.82. The van der Waals surface area contributed by atoms with Crippen molar-refractivity contribution in [3.05, 3.63) is 0 Å². The molecule has 1 aliphatic heterocycles. The van der Waals surface area contributed by atoms with Gasteiger partial charge in [-0.15, -0.1) is 0 Å². The summed E-state index contributed by atoms with van der Waals surface area (Å²) in [7, 11) is 0. The molecule has 1 aliphatic rings. The van der Waals surface area contributed by atoms with Crippen LogP contribution < -0.4 is 39.3 Å². The van der Waals surface area contributed by atoms with Gasteiger partial charge in [0.25, 0.3) is 0 Å². The van der Waals surface area contributed by atoms with Crippen LogP contribution in [-0.2, 0) is 4.79 Å². The van der Waals surface area contributed by atoms with E-state index in [1.165, 1.54) is 6.42 Å². The monoisotopic (exact) mass is 295 g/mol. The van der Waals surface area contributed by atoms with Gasteiger partial charge in [0.15, 0.2) is 0 Å². The average Bonchev–Trinajstić information content (AvgIpc) is 1.94. The molecule has 0 bridgehead atoms. The van der Waals surface area contributed by atoms with Crippen LogP contribution in [0.3, 0.4) is 0 Å². The summed E-state index contributed by atoms with van der Waals surface area (Å²) in [6.45, 7) is 0.888. The molecule has 0 radical (unpaired) electrons. The van der Waals surface area contributed by atoms with Crippen molar-refractivity contribution in [2.24, 2.45) is 0 Å². The molecule has 0 aromatic carbocycles. The molecule has 1 rings (SSSR count). The molecular weight excluding hydrogens is 286 g/mol. The predicted octanol–water partition coefficient (Wildman–Crippen LogP) is -5.70. The maximum Gasteiger partial charge on any atom is 2.00 e. The maximum absolute atomic E-state index is 10.6. The van der Waals surface area contributed by atoms with Crippen LogP contribution in [-0.4, -0.2) is 35.5 Å². The van der Waals surface area contributed by atoms with Crippen molar-refractivity contribution in [1.82, 2.24) is 5.32 Å². The Morgan fingerprint density at radius 3 is 2.36 bits per heavy atom. The van der Waals surface area contributed by atoms with Gasteiger partial charge < -0.3 is 39.3 Å². The average molecular weight is 297 g/mol. The Hall–Kier alpha value is 1.20. The number of nitrogens with one attached hydrogen (secondary N) is 1. The molecule has 1 saturated heterocycles. The Balaban J connectivity index is -0.000000213. The van der Waals surface area contributed by atoms with E-state index in [2.05, 4.69) is 5.32 Å². The van der Waals surface area contributed by atoms with Gasteiger partial charge in [-0.25, -0.2) is 0 Å². The Bertz CT molecular complexity index is 92.6. The zero-order valence-electron chi connectivity index (χ0n) is 6.41. The van der Waals surface area contributed by atoms with Crippen molar-refractivity contribution in [2.45, 2.75) is 25.7 Å². The van der Waals surface area contributed by atoms with Crippen LogP contribution in [0.4, 0.5) is 0 Å². The first-order valence-corrected chi connectivity index (χ1v) is 3.16. The fourth-order valence-electron chi connectivity index (χ4n) is 0.904. The Morgan fingerprint density at radius 2 is 1.73 bits per heavy atom. The second kappa shape index (κ2) is 11.2. The van der Waals surface area contributed by atoms with Gasteiger partial charge in [0.05, 0.1) is 0 Å². The maximum atomic E-state index is 10.6. The summed E-state index contributed by atoms with van der Waals surface area (Å²) in [5.41, 5.74) is 0. The normalized spacial score (nSPS) is 15.8. The number of hydrogen-bond acceptors (Lipinski definition) is 1. The van der Waals surface area contributed by atoms with E-state index in [0.29, 0.717) is 0 Å². The van der Waals surface area contributed by atoms with Gasteiger partial charge in [0, 0.05) is 13.0 Å². The van der Waals surface area contributed by atoms with E-state index in [9.17, 15) is 4.79 Å². The van der Waals surface area contributed by atoms with E-state index < -0.39 is 0 Å². The van der Waals surface area contributed by atoms with Gasteiger partial charge in [-0.3, -0.25) is 4.79 Å². The number of carbonyl (C=O) groups excluding carboxylic acids is 1. The number of hydrogen-bond donors (Lipinski definition) is 1. The molecular formula is C6H11Br2MgNO. The minimum absolute atomic E-state index is 0. The zero-order valence-corrected chi connectivity index (χ0v) is 11.0. The molecule has 1 amide bonds. The largest absolute Gasteiger partial charge is 2.00 e. The van der Waals surface area contributed by atoms with Crippen molar-refractivity contribution in [2.75, 3.05) is 6.54 Å². The fourth-order valence-corrected chi connectivity index (χ4v) is 0.904. The van der Waals surface area contributed by atoms with E-state index in [0.717, 1.165) is 25.8 Å². The van der Waals surface area contributed by atoms with Crippen LogP contribution in [0, 0.1) is 0 Å². The summed E-state index contributed by atoms with van der Waals surface area (Å²) in [5.74, 6) is 0.225. The fraction of sp³-hybridized carbons (Fsp3) is 0.833. The van der Waals surface area contributed by atoms with Gasteiger partial charge in [-0.2, -0.15) is 0 Å². The van der Waals surface area contributed by atoms with Crippen molar-refractivity contribution in [1.29, 1.82) is 0 Å². The minimum Gasteiger partial charge on any atom is -1.00 e. The van der Waals surface area contributed by atoms with Crippen molar-refractivity contribution >= 4 is 29.0 Å². The SMILES string of the molecule is O=C1CCCCCN1.[Br-].[Br-].[Mg+2]. The second-order valence-corrected chi connectivity index (χ2v) is 2.16. The summed E-state index contributed by atoms with van der Waals surface area (Å²) >= 11 is 0. The molecule has 0 atom stereocenters. The number of amides is 1.